The smallest absolute Gasteiger partial charge is 0.272 e. The zero-order valence-electron chi connectivity index (χ0n) is 14.6. The van der Waals surface area contributed by atoms with Gasteiger partial charge in [-0.25, -0.2) is 0 Å². The van der Waals surface area contributed by atoms with Crippen molar-refractivity contribution in [2.24, 2.45) is 0 Å². The van der Waals surface area contributed by atoms with Crippen LogP contribution in [0, 0.1) is 6.92 Å². The first-order chi connectivity index (χ1) is 11.9. The minimum Gasteiger partial charge on any atom is -0.354 e. The molecule has 2 amide bonds. The molecular weight excluding hydrogens is 318 g/mol. The minimum atomic E-state index is -0.311. The number of H-pyrrole nitrogens is 1. The average Bonchev–Trinajstić information content (AvgIpc) is 2.92. The number of nitrogens with zero attached hydrogens (tertiary/aromatic N) is 1. The van der Waals surface area contributed by atoms with Crippen molar-refractivity contribution in [3.63, 3.8) is 0 Å². The van der Waals surface area contributed by atoms with E-state index in [0.717, 1.165) is 18.5 Å². The topological polar surface area (TPSA) is 82.3 Å². The summed E-state index contributed by atoms with van der Waals surface area (Å²) >= 11 is 0. The molecular formula is C19H21N3O3. The Hall–Kier alpha value is -2.89. The Morgan fingerprint density at radius 3 is 2.64 bits per heavy atom. The summed E-state index contributed by atoms with van der Waals surface area (Å²) in [6, 6.07) is 6.80. The van der Waals surface area contributed by atoms with Crippen LogP contribution in [0.25, 0.3) is 0 Å². The van der Waals surface area contributed by atoms with Crippen molar-refractivity contribution in [2.75, 3.05) is 19.4 Å². The second-order valence-corrected chi connectivity index (χ2v) is 6.49. The molecule has 3 rings (SSSR count). The number of hydrogen-bond donors (Lipinski definition) is 2. The van der Waals surface area contributed by atoms with Crippen molar-refractivity contribution in [3.05, 3.63) is 52.3 Å². The lowest BCUT2D eigenvalue weighted by molar-refractivity contribution is 0.0827. The molecule has 0 saturated heterocycles. The van der Waals surface area contributed by atoms with E-state index in [9.17, 15) is 14.4 Å². The SMILES string of the molecule is Cc1c(C(=O)Nc2cccc(C(=O)N(C)C)c2)[nH]c2c1C(=O)CCC2. The minimum absolute atomic E-state index is 0.0904. The number of aryl methyl sites for hydroxylation is 1. The van der Waals surface area contributed by atoms with Crippen molar-refractivity contribution in [2.45, 2.75) is 26.2 Å². The maximum Gasteiger partial charge on any atom is 0.272 e. The molecule has 2 aromatic rings. The van der Waals surface area contributed by atoms with E-state index in [0.29, 0.717) is 34.5 Å². The quantitative estimate of drug-likeness (QED) is 0.902. The average molecular weight is 339 g/mol. The highest BCUT2D eigenvalue weighted by Gasteiger charge is 2.26. The standard InChI is InChI=1S/C19H21N3O3/c1-11-16-14(8-5-9-15(16)23)21-17(11)18(24)20-13-7-4-6-12(10-13)19(25)22(2)3/h4,6-7,10,21H,5,8-9H2,1-3H3,(H,20,24). The van der Waals surface area contributed by atoms with Gasteiger partial charge in [0.05, 0.1) is 0 Å². The maximum absolute atomic E-state index is 12.6. The summed E-state index contributed by atoms with van der Waals surface area (Å²) in [5.41, 5.74) is 3.64. The molecule has 6 heteroatoms. The number of carbonyl (C=O) groups is 3. The molecule has 1 aliphatic rings. The molecule has 1 aromatic heterocycles. The van der Waals surface area contributed by atoms with Crippen LogP contribution in [0.1, 0.15) is 55.3 Å². The largest absolute Gasteiger partial charge is 0.354 e. The van der Waals surface area contributed by atoms with E-state index in [4.69, 9.17) is 0 Å². The first kappa shape index (κ1) is 17.0. The number of benzene rings is 1. The van der Waals surface area contributed by atoms with Gasteiger partial charge in [0.1, 0.15) is 5.69 Å². The second kappa shape index (κ2) is 6.55. The molecule has 1 aromatic carbocycles. The molecule has 1 aliphatic carbocycles. The summed E-state index contributed by atoms with van der Waals surface area (Å²) < 4.78 is 0. The predicted molar refractivity (Wildman–Crippen MR) is 95.2 cm³/mol. The van der Waals surface area contributed by atoms with Gasteiger partial charge in [0.25, 0.3) is 11.8 Å². The molecule has 0 bridgehead atoms. The maximum atomic E-state index is 12.6. The molecule has 0 atom stereocenters. The van der Waals surface area contributed by atoms with E-state index in [1.165, 1.54) is 4.90 Å². The van der Waals surface area contributed by atoms with Crippen LogP contribution in [0.15, 0.2) is 24.3 Å². The van der Waals surface area contributed by atoms with Gasteiger partial charge in [-0.2, -0.15) is 0 Å². The van der Waals surface area contributed by atoms with Gasteiger partial charge in [-0.15, -0.1) is 0 Å². The molecule has 1 heterocycles. The van der Waals surface area contributed by atoms with Crippen LogP contribution < -0.4 is 5.32 Å². The molecule has 0 radical (unpaired) electrons. The first-order valence-electron chi connectivity index (χ1n) is 8.26. The number of amides is 2. The second-order valence-electron chi connectivity index (χ2n) is 6.49. The Kier molecular flexibility index (Phi) is 4.44. The third-order valence-corrected chi connectivity index (χ3v) is 4.44. The van der Waals surface area contributed by atoms with Gasteiger partial charge in [-0.05, 0) is 43.5 Å². The number of fused-ring (bicyclic) bond motifs is 1. The van der Waals surface area contributed by atoms with E-state index in [-0.39, 0.29) is 17.6 Å². The van der Waals surface area contributed by atoms with Crippen LogP contribution in [-0.4, -0.2) is 41.6 Å². The Morgan fingerprint density at radius 1 is 1.20 bits per heavy atom. The third kappa shape index (κ3) is 3.20. The van der Waals surface area contributed by atoms with E-state index in [1.807, 2.05) is 0 Å². The third-order valence-electron chi connectivity index (χ3n) is 4.44. The Bertz CT molecular complexity index is 865. The Morgan fingerprint density at radius 2 is 1.96 bits per heavy atom. The highest BCUT2D eigenvalue weighted by atomic mass is 16.2. The molecule has 130 valence electrons. The summed E-state index contributed by atoms with van der Waals surface area (Å²) in [5.74, 6) is -0.352. The van der Waals surface area contributed by atoms with Crippen LogP contribution >= 0.6 is 0 Å². The number of ketones is 1. The Labute approximate surface area is 146 Å². The summed E-state index contributed by atoms with van der Waals surface area (Å²) in [6.07, 6.45) is 2.12. The van der Waals surface area contributed by atoms with Gasteiger partial charge in [-0.1, -0.05) is 6.07 Å². The fourth-order valence-corrected chi connectivity index (χ4v) is 3.18. The summed E-state index contributed by atoms with van der Waals surface area (Å²) in [7, 11) is 3.36. The number of rotatable bonds is 3. The van der Waals surface area contributed by atoms with Crippen LogP contribution in [0.4, 0.5) is 5.69 Å². The predicted octanol–water partition coefficient (Wildman–Crippen LogP) is 2.80. The monoisotopic (exact) mass is 339 g/mol. The molecule has 6 nitrogen and oxygen atoms in total. The van der Waals surface area contributed by atoms with Gasteiger partial charge >= 0.3 is 0 Å². The van der Waals surface area contributed by atoms with Crippen LogP contribution in [-0.2, 0) is 6.42 Å². The summed E-state index contributed by atoms with van der Waals surface area (Å²) in [5, 5.41) is 2.80. The van der Waals surface area contributed by atoms with E-state index in [1.54, 1.807) is 45.3 Å². The lowest BCUT2D eigenvalue weighted by Crippen LogP contribution is -2.22. The number of anilines is 1. The van der Waals surface area contributed by atoms with Gasteiger partial charge in [-0.3, -0.25) is 14.4 Å². The van der Waals surface area contributed by atoms with Crippen LogP contribution in [0.5, 0.6) is 0 Å². The molecule has 0 unspecified atom stereocenters. The normalized spacial score (nSPS) is 13.3. The molecule has 0 spiro atoms. The zero-order valence-corrected chi connectivity index (χ0v) is 14.6. The number of aromatic amines is 1. The van der Waals surface area contributed by atoms with Gasteiger partial charge in [0.2, 0.25) is 0 Å². The summed E-state index contributed by atoms with van der Waals surface area (Å²) in [4.78, 5) is 41.3. The highest BCUT2D eigenvalue weighted by Crippen LogP contribution is 2.27. The van der Waals surface area contributed by atoms with Crippen molar-refractivity contribution in [3.8, 4) is 0 Å². The molecule has 25 heavy (non-hydrogen) atoms. The molecule has 2 N–H and O–H groups in total. The lowest BCUT2D eigenvalue weighted by Gasteiger charge is -2.11. The lowest BCUT2D eigenvalue weighted by atomic mass is 9.94. The zero-order chi connectivity index (χ0) is 18.1. The van der Waals surface area contributed by atoms with Gasteiger partial charge in [0, 0.05) is 43.0 Å². The Balaban J connectivity index is 1.85. The van der Waals surface area contributed by atoms with Crippen molar-refractivity contribution >= 4 is 23.3 Å². The van der Waals surface area contributed by atoms with E-state index in [2.05, 4.69) is 10.3 Å². The van der Waals surface area contributed by atoms with Crippen molar-refractivity contribution in [1.29, 1.82) is 0 Å². The molecule has 0 saturated carbocycles. The van der Waals surface area contributed by atoms with Crippen molar-refractivity contribution < 1.29 is 14.4 Å². The van der Waals surface area contributed by atoms with Crippen LogP contribution in [0.2, 0.25) is 0 Å². The number of Topliss-reactive ketones (excluding diaryl/α,β-unsaturated/α-hetero) is 1. The van der Waals surface area contributed by atoms with Gasteiger partial charge < -0.3 is 15.2 Å². The first-order valence-corrected chi connectivity index (χ1v) is 8.26. The molecule has 0 fully saturated rings. The number of nitrogens with one attached hydrogen (secondary N) is 2. The fourth-order valence-electron chi connectivity index (χ4n) is 3.18. The number of hydrogen-bond acceptors (Lipinski definition) is 3. The van der Waals surface area contributed by atoms with E-state index < -0.39 is 0 Å². The van der Waals surface area contributed by atoms with Crippen molar-refractivity contribution in [1.82, 2.24) is 9.88 Å². The number of aromatic nitrogens is 1. The van der Waals surface area contributed by atoms with Gasteiger partial charge in [0.15, 0.2) is 5.78 Å². The highest BCUT2D eigenvalue weighted by molar-refractivity contribution is 6.08. The summed E-state index contributed by atoms with van der Waals surface area (Å²) in [6.45, 7) is 1.79. The molecule has 0 aliphatic heterocycles. The van der Waals surface area contributed by atoms with Crippen LogP contribution in [0.3, 0.4) is 0 Å². The van der Waals surface area contributed by atoms with E-state index >= 15 is 0 Å². The number of carbonyl (C=O) groups excluding carboxylic acids is 3. The fraction of sp³-hybridized carbons (Fsp3) is 0.316.